The van der Waals surface area contributed by atoms with E-state index < -0.39 is 5.92 Å². The smallest absolute Gasteiger partial charge is 0.248 e. The Morgan fingerprint density at radius 3 is 2.53 bits per heavy atom. The summed E-state index contributed by atoms with van der Waals surface area (Å²) in [6.45, 7) is 1.85. The van der Waals surface area contributed by atoms with Crippen LogP contribution in [-0.4, -0.2) is 21.7 Å². The van der Waals surface area contributed by atoms with E-state index in [-0.39, 0.29) is 24.8 Å². The number of halogens is 3. The number of hydrogen-bond donors (Lipinski definition) is 1. The standard InChI is InChI=1S/C13H20ClF2N3/c1-8-12(14)11(19(2)18-8)7-10(17)9-3-5-13(15,16)6-4-9/h9-10H,3-7,17H2,1-2H3. The summed E-state index contributed by atoms with van der Waals surface area (Å²) in [5.74, 6) is -2.36. The van der Waals surface area contributed by atoms with Gasteiger partial charge in [-0.1, -0.05) is 11.6 Å². The minimum Gasteiger partial charge on any atom is -0.327 e. The lowest BCUT2D eigenvalue weighted by Crippen LogP contribution is -2.38. The predicted molar refractivity (Wildman–Crippen MR) is 71.5 cm³/mol. The summed E-state index contributed by atoms with van der Waals surface area (Å²) < 4.78 is 28.0. The van der Waals surface area contributed by atoms with E-state index in [2.05, 4.69) is 5.10 Å². The van der Waals surface area contributed by atoms with Gasteiger partial charge in [0.15, 0.2) is 0 Å². The molecular weight excluding hydrogens is 272 g/mol. The molecule has 0 aliphatic heterocycles. The molecule has 3 nitrogen and oxygen atoms in total. The Kier molecular flexibility index (Phi) is 4.16. The first-order valence-electron chi connectivity index (χ1n) is 6.61. The van der Waals surface area contributed by atoms with Gasteiger partial charge < -0.3 is 5.73 Å². The lowest BCUT2D eigenvalue weighted by molar-refractivity contribution is -0.0482. The van der Waals surface area contributed by atoms with Crippen molar-refractivity contribution in [1.29, 1.82) is 0 Å². The molecule has 19 heavy (non-hydrogen) atoms. The lowest BCUT2D eigenvalue weighted by atomic mass is 9.81. The monoisotopic (exact) mass is 291 g/mol. The zero-order valence-corrected chi connectivity index (χ0v) is 12.1. The molecule has 1 heterocycles. The average molecular weight is 292 g/mol. The van der Waals surface area contributed by atoms with Gasteiger partial charge >= 0.3 is 0 Å². The first-order valence-corrected chi connectivity index (χ1v) is 6.99. The Labute approximate surface area is 117 Å². The second kappa shape index (κ2) is 5.37. The second-order valence-electron chi connectivity index (χ2n) is 5.53. The van der Waals surface area contributed by atoms with Gasteiger partial charge in [0.05, 0.1) is 16.4 Å². The molecule has 0 amide bonds. The average Bonchev–Trinajstić information content (AvgIpc) is 2.56. The van der Waals surface area contributed by atoms with Crippen molar-refractivity contribution in [3.8, 4) is 0 Å². The summed E-state index contributed by atoms with van der Waals surface area (Å²) in [5.41, 5.74) is 7.84. The van der Waals surface area contributed by atoms with Gasteiger partial charge in [-0.2, -0.15) is 5.10 Å². The third kappa shape index (κ3) is 3.26. The van der Waals surface area contributed by atoms with Gasteiger partial charge in [0.1, 0.15) is 0 Å². The molecule has 1 atom stereocenters. The minimum atomic E-state index is -2.50. The number of aryl methyl sites for hydroxylation is 2. The highest BCUT2D eigenvalue weighted by Crippen LogP contribution is 2.37. The largest absolute Gasteiger partial charge is 0.327 e. The van der Waals surface area contributed by atoms with Gasteiger partial charge in [-0.3, -0.25) is 4.68 Å². The maximum Gasteiger partial charge on any atom is 0.248 e. The molecule has 6 heteroatoms. The Morgan fingerprint density at radius 2 is 2.05 bits per heavy atom. The molecule has 0 spiro atoms. The fraction of sp³-hybridized carbons (Fsp3) is 0.769. The quantitative estimate of drug-likeness (QED) is 0.930. The van der Waals surface area contributed by atoms with E-state index in [1.165, 1.54) is 0 Å². The van der Waals surface area contributed by atoms with Crippen LogP contribution >= 0.6 is 11.6 Å². The van der Waals surface area contributed by atoms with Crippen LogP contribution in [0, 0.1) is 12.8 Å². The SMILES string of the molecule is Cc1nn(C)c(CC(N)C2CCC(F)(F)CC2)c1Cl. The number of aromatic nitrogens is 2. The van der Waals surface area contributed by atoms with Crippen molar-refractivity contribution in [2.75, 3.05) is 0 Å². The molecule has 0 radical (unpaired) electrons. The van der Waals surface area contributed by atoms with E-state index in [9.17, 15) is 8.78 Å². The van der Waals surface area contributed by atoms with Gasteiger partial charge in [0.2, 0.25) is 5.92 Å². The van der Waals surface area contributed by atoms with Crippen LogP contribution in [0.3, 0.4) is 0 Å². The van der Waals surface area contributed by atoms with Gasteiger partial charge in [0.25, 0.3) is 0 Å². The fourth-order valence-corrected chi connectivity index (χ4v) is 3.02. The van der Waals surface area contributed by atoms with Gasteiger partial charge in [-0.25, -0.2) is 8.78 Å². The van der Waals surface area contributed by atoms with Crippen molar-refractivity contribution >= 4 is 11.6 Å². The van der Waals surface area contributed by atoms with E-state index >= 15 is 0 Å². The van der Waals surface area contributed by atoms with Crippen LogP contribution in [0.5, 0.6) is 0 Å². The zero-order valence-electron chi connectivity index (χ0n) is 11.3. The normalized spacial score (nSPS) is 21.6. The zero-order chi connectivity index (χ0) is 14.2. The molecule has 1 unspecified atom stereocenters. The predicted octanol–water partition coefficient (Wildman–Crippen LogP) is 3.08. The van der Waals surface area contributed by atoms with E-state index in [0.717, 1.165) is 11.4 Å². The molecule has 0 saturated heterocycles. The molecule has 2 rings (SSSR count). The topological polar surface area (TPSA) is 43.8 Å². The van der Waals surface area contributed by atoms with Crippen LogP contribution in [-0.2, 0) is 13.5 Å². The molecule has 1 saturated carbocycles. The first kappa shape index (κ1) is 14.7. The Balaban J connectivity index is 2.00. The Morgan fingerprint density at radius 1 is 1.47 bits per heavy atom. The van der Waals surface area contributed by atoms with Gasteiger partial charge in [-0.15, -0.1) is 0 Å². The fourth-order valence-electron chi connectivity index (χ4n) is 2.78. The third-order valence-corrected chi connectivity index (χ3v) is 4.55. The molecule has 0 bridgehead atoms. The van der Waals surface area contributed by atoms with Crippen LogP contribution in [0.2, 0.25) is 5.02 Å². The number of alkyl halides is 2. The lowest BCUT2D eigenvalue weighted by Gasteiger charge is -2.32. The highest BCUT2D eigenvalue weighted by molar-refractivity contribution is 6.31. The number of hydrogen-bond acceptors (Lipinski definition) is 2. The van der Waals surface area contributed by atoms with Gasteiger partial charge in [-0.05, 0) is 25.7 Å². The van der Waals surface area contributed by atoms with Crippen molar-refractivity contribution < 1.29 is 8.78 Å². The molecule has 2 N–H and O–H groups in total. The summed E-state index contributed by atoms with van der Waals surface area (Å²) in [6, 6.07) is -0.136. The number of nitrogens with zero attached hydrogens (tertiary/aromatic N) is 2. The van der Waals surface area contributed by atoms with Crippen LogP contribution in [0.15, 0.2) is 0 Å². The van der Waals surface area contributed by atoms with Crippen molar-refractivity contribution in [3.63, 3.8) is 0 Å². The molecule has 1 aromatic rings. The molecule has 1 aliphatic rings. The molecule has 108 valence electrons. The summed E-state index contributed by atoms with van der Waals surface area (Å²) in [5, 5.41) is 4.88. The summed E-state index contributed by atoms with van der Waals surface area (Å²) in [6.07, 6.45) is 1.46. The summed E-state index contributed by atoms with van der Waals surface area (Å²) >= 11 is 6.18. The van der Waals surface area contributed by atoms with Gasteiger partial charge in [0, 0.05) is 32.4 Å². The maximum atomic E-state index is 13.1. The van der Waals surface area contributed by atoms with Crippen LogP contribution < -0.4 is 5.73 Å². The maximum absolute atomic E-state index is 13.1. The molecular formula is C13H20ClF2N3. The minimum absolute atomic E-state index is 0.0521. The number of rotatable bonds is 3. The molecule has 1 aliphatic carbocycles. The second-order valence-corrected chi connectivity index (χ2v) is 5.91. The third-order valence-electron chi connectivity index (χ3n) is 4.06. The highest BCUT2D eigenvalue weighted by atomic mass is 35.5. The van der Waals surface area contributed by atoms with Crippen LogP contribution in [0.1, 0.15) is 37.1 Å². The Hall–Kier alpha value is -0.680. The molecule has 1 aromatic heterocycles. The van der Waals surface area contributed by atoms with Crippen LogP contribution in [0.4, 0.5) is 8.78 Å². The van der Waals surface area contributed by atoms with E-state index in [1.807, 2.05) is 14.0 Å². The van der Waals surface area contributed by atoms with Crippen molar-refractivity contribution in [1.82, 2.24) is 9.78 Å². The molecule has 0 aromatic carbocycles. The van der Waals surface area contributed by atoms with E-state index in [4.69, 9.17) is 17.3 Å². The first-order chi connectivity index (χ1) is 8.80. The van der Waals surface area contributed by atoms with Crippen LogP contribution in [0.25, 0.3) is 0 Å². The molecule has 1 fully saturated rings. The van der Waals surface area contributed by atoms with E-state index in [1.54, 1.807) is 4.68 Å². The van der Waals surface area contributed by atoms with Crippen molar-refractivity contribution in [3.05, 3.63) is 16.4 Å². The van der Waals surface area contributed by atoms with Crippen molar-refractivity contribution in [2.24, 2.45) is 18.7 Å². The number of nitrogens with two attached hydrogens (primary N) is 1. The highest BCUT2D eigenvalue weighted by Gasteiger charge is 2.37. The van der Waals surface area contributed by atoms with E-state index in [0.29, 0.717) is 24.3 Å². The summed E-state index contributed by atoms with van der Waals surface area (Å²) in [7, 11) is 1.83. The Bertz CT molecular complexity index is 449. The van der Waals surface area contributed by atoms with Crippen molar-refractivity contribution in [2.45, 2.75) is 51.0 Å². The summed E-state index contributed by atoms with van der Waals surface area (Å²) in [4.78, 5) is 0.